The van der Waals surface area contributed by atoms with Gasteiger partial charge in [0, 0.05) is 44.0 Å². The third-order valence-corrected chi connectivity index (χ3v) is 7.49. The van der Waals surface area contributed by atoms with E-state index >= 15 is 0 Å². The van der Waals surface area contributed by atoms with Gasteiger partial charge >= 0.3 is 0 Å². The fourth-order valence-corrected chi connectivity index (χ4v) is 5.24. The minimum absolute atomic E-state index is 0.200. The van der Waals surface area contributed by atoms with Crippen molar-refractivity contribution in [1.29, 1.82) is 0 Å². The Hall–Kier alpha value is -1.43. The fraction of sp³-hybridized carbons (Fsp3) is 0.708. The van der Waals surface area contributed by atoms with Crippen LogP contribution in [0.1, 0.15) is 56.1 Å². The lowest BCUT2D eigenvalue weighted by molar-refractivity contribution is -0.125. The van der Waals surface area contributed by atoms with Gasteiger partial charge in [0.25, 0.3) is 0 Å². The van der Waals surface area contributed by atoms with E-state index < -0.39 is 0 Å². The molecule has 0 bridgehead atoms. The normalized spacial score (nSPS) is 25.4. The molecule has 3 aliphatic rings. The predicted molar refractivity (Wildman–Crippen MR) is 117 cm³/mol. The molecular weight excluding hydrogens is 362 g/mol. The predicted octanol–water partition coefficient (Wildman–Crippen LogP) is 3.65. The number of benzene rings is 1. The Morgan fingerprint density at radius 2 is 1.90 bits per heavy atom. The number of nitrogens with one attached hydrogen (secondary N) is 2. The number of anilines is 1. The minimum Gasteiger partial charge on any atom is -0.380 e. The largest absolute Gasteiger partial charge is 0.380 e. The van der Waals surface area contributed by atoms with Crippen LogP contribution in [0.2, 0.25) is 0 Å². The Morgan fingerprint density at radius 1 is 1.14 bits per heavy atom. The van der Waals surface area contributed by atoms with Crippen molar-refractivity contribution in [2.45, 2.75) is 70.9 Å². The number of carbonyl (C=O) groups excluding carboxylic acids is 1. The molecule has 4 rings (SSSR count). The van der Waals surface area contributed by atoms with Crippen molar-refractivity contribution in [3.05, 3.63) is 29.3 Å². The molecule has 0 spiro atoms. The second-order valence-electron chi connectivity index (χ2n) is 9.45. The Morgan fingerprint density at radius 3 is 2.55 bits per heavy atom. The molecule has 0 aromatic heterocycles. The van der Waals surface area contributed by atoms with E-state index in [4.69, 9.17) is 4.74 Å². The molecule has 3 fully saturated rings. The number of nitrogens with zero attached hydrogens (tertiary/aromatic N) is 1. The van der Waals surface area contributed by atoms with Crippen LogP contribution < -0.4 is 10.6 Å². The number of carbonyl (C=O) groups is 1. The molecule has 1 aliphatic carbocycles. The summed E-state index contributed by atoms with van der Waals surface area (Å²) in [5.74, 6) is 0.200. The highest BCUT2D eigenvalue weighted by Gasteiger charge is 2.41. The zero-order chi connectivity index (χ0) is 20.3. The number of aryl methyl sites for hydroxylation is 2. The maximum absolute atomic E-state index is 13.3. The topological polar surface area (TPSA) is 53.6 Å². The second-order valence-corrected chi connectivity index (χ2v) is 9.45. The molecule has 2 heterocycles. The van der Waals surface area contributed by atoms with E-state index in [2.05, 4.69) is 41.5 Å². The summed E-state index contributed by atoms with van der Waals surface area (Å²) in [6.45, 7) is 9.12. The SMILES string of the molecule is Cc1ccc(NC(=O)C2(CNC3CCN(C4CCOC4)CC3)CCCC2)cc1C. The van der Waals surface area contributed by atoms with E-state index in [1.54, 1.807) is 0 Å². The minimum atomic E-state index is -0.255. The molecule has 2 aliphatic heterocycles. The van der Waals surface area contributed by atoms with Crippen molar-refractivity contribution in [3.63, 3.8) is 0 Å². The molecule has 1 amide bonds. The van der Waals surface area contributed by atoms with E-state index in [0.717, 1.165) is 64.2 Å². The van der Waals surface area contributed by atoms with E-state index in [1.165, 1.54) is 30.4 Å². The molecule has 1 atom stereocenters. The molecule has 0 radical (unpaired) electrons. The number of ether oxygens (including phenoxy) is 1. The molecule has 5 heteroatoms. The molecule has 1 aromatic rings. The van der Waals surface area contributed by atoms with Crippen molar-refractivity contribution in [3.8, 4) is 0 Å². The molecule has 5 nitrogen and oxygen atoms in total. The van der Waals surface area contributed by atoms with Crippen molar-refractivity contribution >= 4 is 11.6 Å². The van der Waals surface area contributed by atoms with E-state index in [9.17, 15) is 4.79 Å². The van der Waals surface area contributed by atoms with Gasteiger partial charge in [-0.3, -0.25) is 9.69 Å². The lowest BCUT2D eigenvalue weighted by Gasteiger charge is -2.37. The fourth-order valence-electron chi connectivity index (χ4n) is 5.24. The van der Waals surface area contributed by atoms with Crippen LogP contribution in [0.25, 0.3) is 0 Å². The molecule has 2 saturated heterocycles. The third kappa shape index (κ3) is 4.84. The first-order valence-electron chi connectivity index (χ1n) is 11.5. The van der Waals surface area contributed by atoms with Gasteiger partial charge in [-0.25, -0.2) is 0 Å². The standard InChI is InChI=1S/C24H37N3O2/c1-18-5-6-21(15-19(18)2)26-23(28)24(10-3-4-11-24)17-25-20-7-12-27(13-8-20)22-9-14-29-16-22/h5-6,15,20,22,25H,3-4,7-14,16-17H2,1-2H3,(H,26,28). The molecule has 1 saturated carbocycles. The number of hydrogen-bond acceptors (Lipinski definition) is 4. The molecular formula is C24H37N3O2. The summed E-state index contributed by atoms with van der Waals surface area (Å²) in [6.07, 6.45) is 7.82. The van der Waals surface area contributed by atoms with Crippen LogP contribution in [-0.2, 0) is 9.53 Å². The smallest absolute Gasteiger partial charge is 0.231 e. The quantitative estimate of drug-likeness (QED) is 0.767. The van der Waals surface area contributed by atoms with Crippen molar-refractivity contribution in [2.24, 2.45) is 5.41 Å². The first kappa shape index (κ1) is 20.8. The van der Waals surface area contributed by atoms with E-state index in [-0.39, 0.29) is 11.3 Å². The second kappa shape index (κ2) is 9.15. The van der Waals surface area contributed by atoms with Crippen LogP contribution in [0.15, 0.2) is 18.2 Å². The van der Waals surface area contributed by atoms with Gasteiger partial charge in [0.2, 0.25) is 5.91 Å². The highest BCUT2D eigenvalue weighted by atomic mass is 16.5. The lowest BCUT2D eigenvalue weighted by atomic mass is 9.84. The summed E-state index contributed by atoms with van der Waals surface area (Å²) >= 11 is 0. The van der Waals surface area contributed by atoms with Gasteiger partial charge in [0.1, 0.15) is 0 Å². The van der Waals surface area contributed by atoms with Gasteiger partial charge in [0.05, 0.1) is 12.0 Å². The Labute approximate surface area is 175 Å². The summed E-state index contributed by atoms with van der Waals surface area (Å²) in [4.78, 5) is 15.9. The first-order chi connectivity index (χ1) is 14.1. The molecule has 1 unspecified atom stereocenters. The maximum Gasteiger partial charge on any atom is 0.231 e. The average Bonchev–Trinajstić information content (AvgIpc) is 3.42. The Bertz CT molecular complexity index is 700. The van der Waals surface area contributed by atoms with Gasteiger partial charge in [-0.15, -0.1) is 0 Å². The average molecular weight is 400 g/mol. The first-order valence-corrected chi connectivity index (χ1v) is 11.5. The van der Waals surface area contributed by atoms with Gasteiger partial charge in [-0.05, 0) is 69.2 Å². The Kier molecular flexibility index (Phi) is 6.57. The summed E-state index contributed by atoms with van der Waals surface area (Å²) in [5.41, 5.74) is 3.16. The van der Waals surface area contributed by atoms with Crippen LogP contribution in [0, 0.1) is 19.3 Å². The number of hydrogen-bond donors (Lipinski definition) is 2. The van der Waals surface area contributed by atoms with Crippen LogP contribution >= 0.6 is 0 Å². The van der Waals surface area contributed by atoms with Crippen LogP contribution in [0.5, 0.6) is 0 Å². The Balaban J connectivity index is 1.31. The van der Waals surface area contributed by atoms with Gasteiger partial charge < -0.3 is 15.4 Å². The van der Waals surface area contributed by atoms with Crippen LogP contribution in [0.4, 0.5) is 5.69 Å². The third-order valence-electron chi connectivity index (χ3n) is 7.49. The maximum atomic E-state index is 13.3. The molecule has 1 aromatic carbocycles. The summed E-state index contributed by atoms with van der Waals surface area (Å²) in [6, 6.07) is 7.36. The van der Waals surface area contributed by atoms with Gasteiger partial charge in [0.15, 0.2) is 0 Å². The number of likely N-dealkylation sites (tertiary alicyclic amines) is 1. The molecule has 2 N–H and O–H groups in total. The monoisotopic (exact) mass is 399 g/mol. The van der Waals surface area contributed by atoms with Crippen LogP contribution in [0.3, 0.4) is 0 Å². The number of piperidine rings is 1. The zero-order valence-corrected chi connectivity index (χ0v) is 18.1. The summed E-state index contributed by atoms with van der Waals surface area (Å²) in [5, 5.41) is 7.01. The number of amides is 1. The van der Waals surface area contributed by atoms with Crippen molar-refractivity contribution in [1.82, 2.24) is 10.2 Å². The van der Waals surface area contributed by atoms with Crippen LogP contribution in [-0.4, -0.2) is 55.7 Å². The summed E-state index contributed by atoms with van der Waals surface area (Å²) < 4.78 is 5.55. The van der Waals surface area contributed by atoms with Gasteiger partial charge in [-0.1, -0.05) is 18.9 Å². The molecule has 29 heavy (non-hydrogen) atoms. The van der Waals surface area contributed by atoms with Crippen molar-refractivity contribution in [2.75, 3.05) is 38.2 Å². The highest BCUT2D eigenvalue weighted by Crippen LogP contribution is 2.39. The van der Waals surface area contributed by atoms with Crippen molar-refractivity contribution < 1.29 is 9.53 Å². The summed E-state index contributed by atoms with van der Waals surface area (Å²) in [7, 11) is 0. The number of rotatable bonds is 6. The molecule has 160 valence electrons. The lowest BCUT2D eigenvalue weighted by Crippen LogP contribution is -2.50. The van der Waals surface area contributed by atoms with Gasteiger partial charge in [-0.2, -0.15) is 0 Å². The zero-order valence-electron chi connectivity index (χ0n) is 18.1. The van der Waals surface area contributed by atoms with E-state index in [1.807, 2.05) is 6.07 Å². The van der Waals surface area contributed by atoms with E-state index in [0.29, 0.717) is 12.1 Å². The highest BCUT2D eigenvalue weighted by molar-refractivity contribution is 5.95.